The number of carbonyl (C=O) groups is 1. The van der Waals surface area contributed by atoms with Gasteiger partial charge in [0, 0.05) is 23.9 Å². The summed E-state index contributed by atoms with van der Waals surface area (Å²) in [5.74, 6) is -1.04. The Hall–Kier alpha value is -3.27. The minimum atomic E-state index is -1.04. The zero-order chi connectivity index (χ0) is 17.9. The molecule has 2 amide bonds. The first kappa shape index (κ1) is 17.1. The molecule has 0 saturated carbocycles. The topological polar surface area (TPSA) is 127 Å². The fourth-order valence-electron chi connectivity index (χ4n) is 1.73. The standard InChI is InChI=1S/C13H8ClFN4O5/c14-9-6-8(18(21)22)2-4-11(9)17-13(20)16-7-1-3-10(15)12(5-7)19(23)24/h1-6H,(H2,16,17,20). The second-order valence-electron chi connectivity index (χ2n) is 4.42. The molecule has 0 aliphatic rings. The third kappa shape index (κ3) is 3.93. The number of nitro benzene ring substituents is 2. The lowest BCUT2D eigenvalue weighted by Crippen LogP contribution is -2.19. The van der Waals surface area contributed by atoms with Crippen LogP contribution in [0.4, 0.5) is 31.9 Å². The van der Waals surface area contributed by atoms with Crippen LogP contribution in [0.1, 0.15) is 0 Å². The van der Waals surface area contributed by atoms with Gasteiger partial charge in [-0.15, -0.1) is 0 Å². The maximum Gasteiger partial charge on any atom is 0.323 e. The summed E-state index contributed by atoms with van der Waals surface area (Å²) in [4.78, 5) is 31.5. The summed E-state index contributed by atoms with van der Waals surface area (Å²) >= 11 is 5.82. The number of anilines is 2. The van der Waals surface area contributed by atoms with Crippen LogP contribution >= 0.6 is 11.6 Å². The fourth-order valence-corrected chi connectivity index (χ4v) is 1.96. The third-order valence-electron chi connectivity index (χ3n) is 2.81. The number of halogens is 2. The van der Waals surface area contributed by atoms with Crippen molar-refractivity contribution in [1.82, 2.24) is 0 Å². The molecular formula is C13H8ClFN4O5. The lowest BCUT2D eigenvalue weighted by Gasteiger charge is -2.09. The van der Waals surface area contributed by atoms with Crippen LogP contribution < -0.4 is 10.6 Å². The van der Waals surface area contributed by atoms with Gasteiger partial charge in [-0.3, -0.25) is 20.2 Å². The van der Waals surface area contributed by atoms with E-state index in [1.165, 1.54) is 6.07 Å². The number of nitrogens with one attached hydrogen (secondary N) is 2. The molecule has 0 aliphatic carbocycles. The molecule has 0 fully saturated rings. The Labute approximate surface area is 138 Å². The molecule has 2 aromatic rings. The molecule has 0 spiro atoms. The average molecular weight is 355 g/mol. The first-order chi connectivity index (χ1) is 11.3. The van der Waals surface area contributed by atoms with Gasteiger partial charge in [0.2, 0.25) is 5.82 Å². The predicted octanol–water partition coefficient (Wildman–Crippen LogP) is 3.94. The molecule has 2 rings (SSSR count). The zero-order valence-corrected chi connectivity index (χ0v) is 12.4. The van der Waals surface area contributed by atoms with Crippen LogP contribution in [0.5, 0.6) is 0 Å². The zero-order valence-electron chi connectivity index (χ0n) is 11.7. The van der Waals surface area contributed by atoms with Crippen LogP contribution in [0.15, 0.2) is 36.4 Å². The molecule has 0 aromatic heterocycles. The van der Waals surface area contributed by atoms with Gasteiger partial charge >= 0.3 is 11.7 Å². The highest BCUT2D eigenvalue weighted by atomic mass is 35.5. The summed E-state index contributed by atoms with van der Waals surface area (Å²) in [6.45, 7) is 0. The van der Waals surface area contributed by atoms with Crippen molar-refractivity contribution in [2.75, 3.05) is 10.6 Å². The van der Waals surface area contributed by atoms with Gasteiger partial charge in [0.15, 0.2) is 0 Å². The Kier molecular flexibility index (Phi) is 4.90. The van der Waals surface area contributed by atoms with E-state index in [0.29, 0.717) is 0 Å². The molecule has 0 saturated heterocycles. The van der Waals surface area contributed by atoms with Crippen molar-refractivity contribution in [3.05, 3.63) is 67.5 Å². The van der Waals surface area contributed by atoms with Gasteiger partial charge < -0.3 is 10.6 Å². The molecule has 124 valence electrons. The molecule has 0 bridgehead atoms. The van der Waals surface area contributed by atoms with Gasteiger partial charge in [0.25, 0.3) is 5.69 Å². The smallest absolute Gasteiger partial charge is 0.307 e. The molecule has 2 N–H and O–H groups in total. The van der Waals surface area contributed by atoms with Gasteiger partial charge in [-0.25, -0.2) is 4.79 Å². The number of hydrogen-bond donors (Lipinski definition) is 2. The molecular weight excluding hydrogens is 347 g/mol. The normalized spacial score (nSPS) is 10.1. The maximum absolute atomic E-state index is 13.2. The Morgan fingerprint density at radius 1 is 1.04 bits per heavy atom. The summed E-state index contributed by atoms with van der Waals surface area (Å²) in [5, 5.41) is 25.8. The minimum absolute atomic E-state index is 0.0152. The number of urea groups is 1. The van der Waals surface area contributed by atoms with Gasteiger partial charge in [-0.2, -0.15) is 4.39 Å². The first-order valence-corrected chi connectivity index (χ1v) is 6.61. The Morgan fingerprint density at radius 2 is 1.75 bits per heavy atom. The van der Waals surface area contributed by atoms with E-state index in [-0.39, 0.29) is 22.1 Å². The molecule has 0 atom stereocenters. The van der Waals surface area contributed by atoms with Crippen molar-refractivity contribution in [2.24, 2.45) is 0 Å². The number of non-ortho nitro benzene ring substituents is 1. The van der Waals surface area contributed by atoms with Crippen molar-refractivity contribution in [1.29, 1.82) is 0 Å². The van der Waals surface area contributed by atoms with Crippen LogP contribution in [-0.2, 0) is 0 Å². The average Bonchev–Trinajstić information content (AvgIpc) is 2.50. The molecule has 0 radical (unpaired) electrons. The molecule has 0 aliphatic heterocycles. The van der Waals surface area contributed by atoms with E-state index in [1.54, 1.807) is 0 Å². The number of nitrogens with zero attached hydrogens (tertiary/aromatic N) is 2. The third-order valence-corrected chi connectivity index (χ3v) is 3.13. The van der Waals surface area contributed by atoms with Crippen LogP contribution in [0.2, 0.25) is 5.02 Å². The number of amides is 2. The monoisotopic (exact) mass is 354 g/mol. The highest BCUT2D eigenvalue weighted by Crippen LogP contribution is 2.27. The van der Waals surface area contributed by atoms with E-state index >= 15 is 0 Å². The highest BCUT2D eigenvalue weighted by molar-refractivity contribution is 6.34. The van der Waals surface area contributed by atoms with Crippen molar-refractivity contribution in [2.45, 2.75) is 0 Å². The summed E-state index contributed by atoms with van der Waals surface area (Å²) in [6.07, 6.45) is 0. The Bertz CT molecular complexity index is 845. The molecule has 2 aromatic carbocycles. The number of hydrogen-bond acceptors (Lipinski definition) is 5. The van der Waals surface area contributed by atoms with Crippen LogP contribution in [0, 0.1) is 26.0 Å². The van der Waals surface area contributed by atoms with E-state index in [0.717, 1.165) is 30.3 Å². The molecule has 0 unspecified atom stereocenters. The Morgan fingerprint density at radius 3 is 2.33 bits per heavy atom. The van der Waals surface area contributed by atoms with E-state index in [4.69, 9.17) is 11.6 Å². The van der Waals surface area contributed by atoms with Gasteiger partial charge in [-0.05, 0) is 18.2 Å². The summed E-state index contributed by atoms with van der Waals surface area (Å²) in [5.41, 5.74) is -0.962. The van der Waals surface area contributed by atoms with Gasteiger partial charge in [-0.1, -0.05) is 11.6 Å². The van der Waals surface area contributed by atoms with E-state index < -0.39 is 27.4 Å². The summed E-state index contributed by atoms with van der Waals surface area (Å²) in [6, 6.07) is 5.45. The van der Waals surface area contributed by atoms with Crippen LogP contribution in [-0.4, -0.2) is 15.9 Å². The lowest BCUT2D eigenvalue weighted by atomic mass is 10.2. The number of benzene rings is 2. The summed E-state index contributed by atoms with van der Waals surface area (Å²) < 4.78 is 13.2. The molecule has 11 heteroatoms. The fraction of sp³-hybridized carbons (Fsp3) is 0. The molecule has 9 nitrogen and oxygen atoms in total. The molecule has 0 heterocycles. The van der Waals surface area contributed by atoms with Crippen molar-refractivity contribution in [3.63, 3.8) is 0 Å². The number of rotatable bonds is 4. The van der Waals surface area contributed by atoms with Gasteiger partial charge in [0.1, 0.15) is 0 Å². The first-order valence-electron chi connectivity index (χ1n) is 6.24. The van der Waals surface area contributed by atoms with Crippen LogP contribution in [0.3, 0.4) is 0 Å². The van der Waals surface area contributed by atoms with Crippen molar-refractivity contribution in [3.8, 4) is 0 Å². The molecule has 24 heavy (non-hydrogen) atoms. The second kappa shape index (κ2) is 6.87. The van der Waals surface area contributed by atoms with Crippen molar-refractivity contribution >= 4 is 40.4 Å². The van der Waals surface area contributed by atoms with E-state index in [9.17, 15) is 29.4 Å². The lowest BCUT2D eigenvalue weighted by molar-refractivity contribution is -0.387. The second-order valence-corrected chi connectivity index (χ2v) is 4.83. The van der Waals surface area contributed by atoms with Gasteiger partial charge in [0.05, 0.1) is 20.6 Å². The highest BCUT2D eigenvalue weighted by Gasteiger charge is 2.16. The predicted molar refractivity (Wildman–Crippen MR) is 83.8 cm³/mol. The largest absolute Gasteiger partial charge is 0.323 e. The quantitative estimate of drug-likeness (QED) is 0.634. The number of carbonyl (C=O) groups excluding carboxylic acids is 1. The summed E-state index contributed by atoms with van der Waals surface area (Å²) in [7, 11) is 0. The SMILES string of the molecule is O=C(Nc1ccc(F)c([N+](=O)[O-])c1)Nc1ccc([N+](=O)[O-])cc1Cl. The minimum Gasteiger partial charge on any atom is -0.307 e. The van der Waals surface area contributed by atoms with E-state index in [2.05, 4.69) is 10.6 Å². The maximum atomic E-state index is 13.2. The van der Waals surface area contributed by atoms with E-state index in [1.807, 2.05) is 0 Å². The van der Waals surface area contributed by atoms with Crippen LogP contribution in [0.25, 0.3) is 0 Å². The Balaban J connectivity index is 2.13. The van der Waals surface area contributed by atoms with Crippen molar-refractivity contribution < 1.29 is 19.0 Å². The number of nitro groups is 2.